The summed E-state index contributed by atoms with van der Waals surface area (Å²) in [5, 5.41) is 90.9. The van der Waals surface area contributed by atoms with E-state index in [1.807, 2.05) is 16.7 Å². The minimum atomic E-state index is -1.44. The predicted octanol–water partition coefficient (Wildman–Crippen LogP) is 6.86. The van der Waals surface area contributed by atoms with Gasteiger partial charge in [-0.15, -0.1) is 0 Å². The van der Waals surface area contributed by atoms with Gasteiger partial charge >= 0.3 is 0 Å². The van der Waals surface area contributed by atoms with Crippen molar-refractivity contribution in [2.24, 2.45) is 0 Å². The van der Waals surface area contributed by atoms with Crippen LogP contribution in [0.1, 0.15) is 172 Å². The van der Waals surface area contributed by atoms with Gasteiger partial charge in [0, 0.05) is 75.8 Å². The second-order valence-corrected chi connectivity index (χ2v) is 26.5. The van der Waals surface area contributed by atoms with Gasteiger partial charge in [0.05, 0.1) is 96.1 Å². The van der Waals surface area contributed by atoms with E-state index in [1.54, 1.807) is 72.8 Å². The Balaban J connectivity index is 0.000000787. The lowest BCUT2D eigenvalue weighted by Gasteiger charge is -2.26. The number of ketones is 3. The summed E-state index contributed by atoms with van der Waals surface area (Å²) in [7, 11) is 0. The molecule has 0 aliphatic heterocycles. The zero-order valence-corrected chi connectivity index (χ0v) is 62.0. The number of Topliss-reactive ketones (excluding diaryl/α,β-unsaturated/α-hetero) is 3. The molecule has 0 aromatic heterocycles. The second kappa shape index (κ2) is 54.1. The van der Waals surface area contributed by atoms with Crippen LogP contribution in [0.15, 0.2) is 72.8 Å². The summed E-state index contributed by atoms with van der Waals surface area (Å²) in [6.45, 7) is 31.3. The van der Waals surface area contributed by atoms with Gasteiger partial charge in [0.15, 0.2) is 17.3 Å². The molecular weight excluding hydrogens is 1280 g/mol. The summed E-state index contributed by atoms with van der Waals surface area (Å²) < 4.78 is 49.8. The van der Waals surface area contributed by atoms with Gasteiger partial charge in [-0.2, -0.15) is 0 Å². The third kappa shape index (κ3) is 45.8. The van der Waals surface area contributed by atoms with Gasteiger partial charge in [-0.25, -0.2) is 0 Å². The largest absolute Gasteiger partial charge is 0.491 e. The van der Waals surface area contributed by atoms with E-state index in [1.165, 1.54) is 41.5 Å². The Labute approximate surface area is 591 Å². The number of ether oxygens (including phenoxy) is 9. The first-order valence-corrected chi connectivity index (χ1v) is 35.7. The molecule has 3 aromatic rings. The van der Waals surface area contributed by atoms with Gasteiger partial charge in [0.25, 0.3) is 0 Å². The molecular formula is C75H129N3O21. The standard InChI is InChI=1S/C33H49NO10.C25H43NO7.C17H37NO4/c1-6-15-34(20-26(35)22-41-16-18-43-28-11-7-24(8-12-28)30(37)32(2,3)39)21-27(36)23-42-17-19-44-29-13-9-25(10-14-29)31(38)33(4,5)40;1-5-7-13-31-18-21(27)16-26(12-6-2)17-22(28)19-32-14-15-33-23-10-8-20(9-11-23)24(29)25(3,4)30;1-4-7-10-21-14-16(19)12-18(9-6-3)13-17(20)15-22-11-8-5-2/h7-14,26-27,35-36,39-40H,6,15-23H2,1-5H3;8-11,21-22,27-28,30H,5-7,12-19H2,1-4H3;16-17,19-20H,4-15H2,1-3H3. The fourth-order valence-electron chi connectivity index (χ4n) is 9.70. The van der Waals surface area contributed by atoms with Gasteiger partial charge in [0.1, 0.15) is 53.9 Å². The van der Waals surface area contributed by atoms with Crippen LogP contribution in [0.5, 0.6) is 17.2 Å². The van der Waals surface area contributed by atoms with Crippen molar-refractivity contribution in [2.45, 2.75) is 194 Å². The van der Waals surface area contributed by atoms with Crippen LogP contribution in [0.3, 0.4) is 0 Å². The van der Waals surface area contributed by atoms with Crippen molar-refractivity contribution in [1.82, 2.24) is 14.7 Å². The molecule has 6 atom stereocenters. The summed E-state index contributed by atoms with van der Waals surface area (Å²) >= 11 is 0. The summed E-state index contributed by atoms with van der Waals surface area (Å²) in [4.78, 5) is 42.3. The Kier molecular flexibility index (Phi) is 50.4. The molecule has 0 saturated carbocycles. The van der Waals surface area contributed by atoms with Gasteiger partial charge in [-0.3, -0.25) is 29.1 Å². The van der Waals surface area contributed by atoms with Crippen LogP contribution >= 0.6 is 0 Å². The van der Waals surface area contributed by atoms with Crippen molar-refractivity contribution in [3.63, 3.8) is 0 Å². The van der Waals surface area contributed by atoms with Crippen LogP contribution in [0.2, 0.25) is 0 Å². The molecule has 0 aliphatic rings. The van der Waals surface area contributed by atoms with E-state index in [4.69, 9.17) is 42.6 Å². The molecule has 0 fully saturated rings. The molecule has 0 radical (unpaired) electrons. The van der Waals surface area contributed by atoms with E-state index in [-0.39, 0.29) is 63.6 Å². The molecule has 9 N–H and O–H groups in total. The maximum absolute atomic E-state index is 12.1. The fourth-order valence-corrected chi connectivity index (χ4v) is 9.70. The van der Waals surface area contributed by atoms with Crippen molar-refractivity contribution in [2.75, 3.05) is 158 Å². The Morgan fingerprint density at radius 1 is 0.313 bits per heavy atom. The molecule has 0 bridgehead atoms. The molecule has 570 valence electrons. The van der Waals surface area contributed by atoms with Crippen LogP contribution < -0.4 is 14.2 Å². The lowest BCUT2D eigenvalue weighted by Crippen LogP contribution is -2.41. The lowest BCUT2D eigenvalue weighted by molar-refractivity contribution is -0.0162. The maximum Gasteiger partial charge on any atom is 0.193 e. The molecule has 0 spiro atoms. The Morgan fingerprint density at radius 3 is 0.677 bits per heavy atom. The van der Waals surface area contributed by atoms with Crippen LogP contribution in [-0.4, -0.2) is 289 Å². The number of carbonyl (C=O) groups excluding carboxylic acids is 3. The van der Waals surface area contributed by atoms with E-state index < -0.39 is 53.4 Å². The van der Waals surface area contributed by atoms with Gasteiger partial charge in [0.2, 0.25) is 0 Å². The normalized spacial score (nSPS) is 13.8. The van der Waals surface area contributed by atoms with Crippen LogP contribution in [0, 0.1) is 0 Å². The van der Waals surface area contributed by atoms with Gasteiger partial charge in [-0.05, 0) is 172 Å². The van der Waals surface area contributed by atoms with E-state index in [0.29, 0.717) is 133 Å². The number of aliphatic hydroxyl groups excluding tert-OH is 6. The number of aliphatic hydroxyl groups is 9. The minimum absolute atomic E-state index is 0.111. The number of rotatable bonds is 57. The second-order valence-electron chi connectivity index (χ2n) is 26.5. The predicted molar refractivity (Wildman–Crippen MR) is 384 cm³/mol. The Morgan fingerprint density at radius 2 is 0.505 bits per heavy atom. The number of hydrogen-bond acceptors (Lipinski definition) is 24. The zero-order valence-electron chi connectivity index (χ0n) is 62.0. The highest BCUT2D eigenvalue weighted by Crippen LogP contribution is 2.20. The van der Waals surface area contributed by atoms with Gasteiger partial charge in [-0.1, -0.05) is 60.8 Å². The van der Waals surface area contributed by atoms with Crippen molar-refractivity contribution in [3.8, 4) is 17.2 Å². The van der Waals surface area contributed by atoms with Crippen molar-refractivity contribution in [1.29, 1.82) is 0 Å². The molecule has 24 heteroatoms. The number of carbonyl (C=O) groups is 3. The van der Waals surface area contributed by atoms with Gasteiger partial charge < -0.3 is 88.6 Å². The smallest absolute Gasteiger partial charge is 0.193 e. The fraction of sp³-hybridized carbons (Fsp3) is 0.720. The first kappa shape index (κ1) is 92.4. The molecule has 99 heavy (non-hydrogen) atoms. The molecule has 0 saturated heterocycles. The summed E-state index contributed by atoms with van der Waals surface area (Å²) in [5.41, 5.74) is -3.08. The average molecular weight is 1410 g/mol. The first-order chi connectivity index (χ1) is 47.0. The average Bonchev–Trinajstić information content (AvgIpc) is 0.879. The molecule has 0 heterocycles. The SMILES string of the molecule is CCCCOCC(O)CN(CCC)CC(O)COCCCC.CCCCOCC(O)CN(CCC)CC(O)COCCOc1ccc(C(=O)C(C)(C)O)cc1.CCCN(CC(O)COCCOc1ccc(C(=O)C(C)(C)O)cc1)CC(O)COCCOc1ccc(C(=O)C(C)(C)O)cc1. The molecule has 6 unspecified atom stereocenters. The van der Waals surface area contributed by atoms with E-state index >= 15 is 0 Å². The zero-order chi connectivity index (χ0) is 74.1. The van der Waals surface area contributed by atoms with E-state index in [2.05, 4.69) is 39.5 Å². The highest BCUT2D eigenvalue weighted by atomic mass is 16.5. The van der Waals surface area contributed by atoms with Crippen LogP contribution in [0.4, 0.5) is 0 Å². The number of hydrogen-bond donors (Lipinski definition) is 9. The van der Waals surface area contributed by atoms with Crippen molar-refractivity contribution < 1.29 is 103 Å². The summed E-state index contributed by atoms with van der Waals surface area (Å²) in [5.74, 6) is 0.636. The molecule has 0 amide bonds. The molecule has 24 nitrogen and oxygen atoms in total. The highest BCUT2D eigenvalue weighted by Gasteiger charge is 2.28. The third-order valence-electron chi connectivity index (χ3n) is 14.7. The maximum atomic E-state index is 12.1. The monoisotopic (exact) mass is 1410 g/mol. The topological polar surface area (TPSA) is 326 Å². The van der Waals surface area contributed by atoms with E-state index in [0.717, 1.165) is 70.9 Å². The summed E-state index contributed by atoms with van der Waals surface area (Å²) in [6.07, 6.45) is 5.30. The number of benzene rings is 3. The highest BCUT2D eigenvalue weighted by molar-refractivity contribution is 6.02. The number of unbranched alkanes of at least 4 members (excludes halogenated alkanes) is 3. The minimum Gasteiger partial charge on any atom is -0.491 e. The number of nitrogens with zero attached hydrogens (tertiary/aromatic N) is 3. The third-order valence-corrected chi connectivity index (χ3v) is 14.7. The van der Waals surface area contributed by atoms with Crippen molar-refractivity contribution >= 4 is 17.3 Å². The van der Waals surface area contributed by atoms with E-state index in [9.17, 15) is 60.3 Å². The quantitative estimate of drug-likeness (QED) is 0.0206. The lowest BCUT2D eigenvalue weighted by atomic mass is 9.97. The summed E-state index contributed by atoms with van der Waals surface area (Å²) in [6, 6.07) is 19.6. The Hall–Kier alpha value is -4.65. The molecule has 3 aromatic carbocycles. The molecule has 0 aliphatic carbocycles. The Bertz CT molecular complexity index is 2370. The first-order valence-electron chi connectivity index (χ1n) is 35.7. The van der Waals surface area contributed by atoms with Crippen LogP contribution in [0.25, 0.3) is 0 Å². The van der Waals surface area contributed by atoms with Crippen molar-refractivity contribution in [3.05, 3.63) is 89.5 Å². The van der Waals surface area contributed by atoms with Crippen LogP contribution in [-0.2, 0) is 28.4 Å². The molecule has 3 rings (SSSR count).